The molecule has 1 heterocycles. The molecule has 2 rings (SSSR count). The molecule has 1 unspecified atom stereocenters. The molecule has 0 bridgehead atoms. The second-order valence-electron chi connectivity index (χ2n) is 7.45. The summed E-state index contributed by atoms with van der Waals surface area (Å²) in [7, 11) is 0. The minimum atomic E-state index is -1.82. The van der Waals surface area contributed by atoms with Gasteiger partial charge in [-0.3, -0.25) is 0 Å². The van der Waals surface area contributed by atoms with Crippen molar-refractivity contribution in [3.8, 4) is 0 Å². The molecule has 0 aliphatic heterocycles. The number of carboxylic acids is 2. The molecular formula is C24H32Cl2N2O4S. The number of hydrogen-bond donors (Lipinski definition) is 2. The van der Waals surface area contributed by atoms with E-state index in [-0.39, 0.29) is 0 Å². The fourth-order valence-corrected chi connectivity index (χ4v) is 5.01. The molecule has 0 fully saturated rings. The Labute approximate surface area is 210 Å². The van der Waals surface area contributed by atoms with Crippen molar-refractivity contribution in [2.45, 2.75) is 63.2 Å². The molecule has 6 nitrogen and oxygen atoms in total. The van der Waals surface area contributed by atoms with Crippen LogP contribution >= 0.6 is 35.0 Å². The van der Waals surface area contributed by atoms with Crippen molar-refractivity contribution < 1.29 is 19.8 Å². The van der Waals surface area contributed by atoms with Crippen molar-refractivity contribution in [3.05, 3.63) is 65.2 Å². The van der Waals surface area contributed by atoms with Crippen molar-refractivity contribution in [3.63, 3.8) is 0 Å². The number of rotatable bonds is 14. The summed E-state index contributed by atoms with van der Waals surface area (Å²) >= 11 is 14.5. The fourth-order valence-electron chi connectivity index (χ4n) is 3.09. The number of hydrogen-bond acceptors (Lipinski definition) is 4. The zero-order chi connectivity index (χ0) is 24.5. The van der Waals surface area contributed by atoms with Crippen LogP contribution in [0.15, 0.2) is 49.6 Å². The number of halogens is 2. The summed E-state index contributed by atoms with van der Waals surface area (Å²) < 4.78 is 2.12. The highest BCUT2D eigenvalue weighted by Crippen LogP contribution is 2.36. The highest BCUT2D eigenvalue weighted by atomic mass is 35.5. The maximum absolute atomic E-state index is 9.10. The molecule has 0 saturated carbocycles. The number of carbonyl (C=O) groups is 2. The maximum Gasteiger partial charge on any atom is 0.414 e. The molecule has 1 atom stereocenters. The Morgan fingerprint density at radius 3 is 2.24 bits per heavy atom. The molecule has 0 amide bonds. The minimum absolute atomic E-state index is 0.308. The van der Waals surface area contributed by atoms with E-state index in [1.807, 2.05) is 48.7 Å². The average Bonchev–Trinajstić information content (AvgIpc) is 3.28. The Hall–Kier alpha value is -1.96. The van der Waals surface area contributed by atoms with Crippen molar-refractivity contribution in [1.82, 2.24) is 9.55 Å². The molecule has 1 aromatic heterocycles. The van der Waals surface area contributed by atoms with Crippen LogP contribution in [0.5, 0.6) is 0 Å². The largest absolute Gasteiger partial charge is 0.473 e. The Kier molecular flexibility index (Phi) is 15.4. The van der Waals surface area contributed by atoms with Crippen LogP contribution in [0, 0.1) is 0 Å². The lowest BCUT2D eigenvalue weighted by atomic mass is 10.1. The van der Waals surface area contributed by atoms with Gasteiger partial charge in [-0.1, -0.05) is 67.4 Å². The third-order valence-electron chi connectivity index (χ3n) is 4.80. The van der Waals surface area contributed by atoms with Gasteiger partial charge in [0.25, 0.3) is 0 Å². The van der Waals surface area contributed by atoms with Gasteiger partial charge in [0.2, 0.25) is 0 Å². The smallest absolute Gasteiger partial charge is 0.414 e. The Morgan fingerprint density at radius 1 is 1.06 bits per heavy atom. The summed E-state index contributed by atoms with van der Waals surface area (Å²) in [4.78, 5) is 22.4. The molecule has 2 aromatic rings. The number of imidazole rings is 1. The summed E-state index contributed by atoms with van der Waals surface area (Å²) in [5.74, 6) is -2.50. The van der Waals surface area contributed by atoms with Crippen molar-refractivity contribution in [1.29, 1.82) is 0 Å². The number of aromatic nitrogens is 2. The van der Waals surface area contributed by atoms with Gasteiger partial charge in [-0.2, -0.15) is 11.8 Å². The molecular weight excluding hydrogens is 483 g/mol. The summed E-state index contributed by atoms with van der Waals surface area (Å²) in [6.45, 7) is 4.65. The van der Waals surface area contributed by atoms with Gasteiger partial charge in [-0.25, -0.2) is 14.6 Å². The van der Waals surface area contributed by atoms with Gasteiger partial charge in [-0.05, 0) is 42.7 Å². The molecule has 33 heavy (non-hydrogen) atoms. The van der Waals surface area contributed by atoms with Gasteiger partial charge < -0.3 is 14.8 Å². The van der Waals surface area contributed by atoms with E-state index in [1.165, 1.54) is 44.9 Å². The van der Waals surface area contributed by atoms with Crippen LogP contribution in [0.4, 0.5) is 0 Å². The van der Waals surface area contributed by atoms with Crippen LogP contribution in [0.25, 0.3) is 0 Å². The average molecular weight is 516 g/mol. The molecule has 182 valence electrons. The normalized spacial score (nSPS) is 11.3. The van der Waals surface area contributed by atoms with E-state index in [0.717, 1.165) is 29.3 Å². The Morgan fingerprint density at radius 2 is 1.70 bits per heavy atom. The molecule has 0 saturated heterocycles. The fraction of sp³-hybridized carbons (Fsp3) is 0.458. The van der Waals surface area contributed by atoms with Crippen molar-refractivity contribution in [2.24, 2.45) is 0 Å². The van der Waals surface area contributed by atoms with E-state index < -0.39 is 11.9 Å². The van der Waals surface area contributed by atoms with Gasteiger partial charge in [0.1, 0.15) is 0 Å². The van der Waals surface area contributed by atoms with E-state index in [1.54, 1.807) is 0 Å². The summed E-state index contributed by atoms with van der Waals surface area (Å²) in [5, 5.41) is 16.5. The first-order valence-electron chi connectivity index (χ1n) is 10.9. The molecule has 0 radical (unpaired) electrons. The molecule has 1 aromatic carbocycles. The number of carboxylic acid groups (broad SMARTS) is 2. The summed E-state index contributed by atoms with van der Waals surface area (Å²) in [5.41, 5.74) is 1.15. The lowest BCUT2D eigenvalue weighted by Crippen LogP contribution is -2.09. The van der Waals surface area contributed by atoms with Crippen molar-refractivity contribution in [2.75, 3.05) is 5.75 Å². The molecule has 2 N–H and O–H groups in total. The quantitative estimate of drug-likeness (QED) is 0.158. The molecule has 0 spiro atoms. The van der Waals surface area contributed by atoms with Gasteiger partial charge in [0, 0.05) is 34.2 Å². The number of allylic oxidation sites excluding steroid dienone is 1. The molecule has 0 aliphatic carbocycles. The van der Waals surface area contributed by atoms with E-state index in [2.05, 4.69) is 22.2 Å². The van der Waals surface area contributed by atoms with Gasteiger partial charge in [0.15, 0.2) is 0 Å². The number of thioether (sulfide) groups is 1. The lowest BCUT2D eigenvalue weighted by Gasteiger charge is -2.19. The van der Waals surface area contributed by atoms with Crippen LogP contribution in [0.2, 0.25) is 10.0 Å². The Balaban J connectivity index is 0.000000801. The SMILES string of the molecule is C=CCCCCCCCCCSC(Cn1ccnc1)c1ccc(Cl)cc1Cl.O=C(O)C(=O)O. The predicted octanol–water partition coefficient (Wildman–Crippen LogP) is 7.13. The van der Waals surface area contributed by atoms with E-state index >= 15 is 0 Å². The standard InChI is InChI=1S/C22H30Cl2N2S.C2H2O4/c1-2-3-4-5-6-7-8-9-10-15-27-22(17-26-14-13-25-18-26)20-12-11-19(23)16-21(20)24;3-1(4)2(5)6/h2,11-14,16,18,22H,1,3-10,15,17H2;(H,3,4)(H,5,6). The van der Waals surface area contributed by atoms with Gasteiger partial charge in [0.05, 0.1) is 6.33 Å². The second kappa shape index (κ2) is 17.5. The highest BCUT2D eigenvalue weighted by Gasteiger charge is 2.16. The van der Waals surface area contributed by atoms with Crippen molar-refractivity contribution >= 4 is 46.9 Å². The summed E-state index contributed by atoms with van der Waals surface area (Å²) in [6.07, 6.45) is 18.1. The first-order chi connectivity index (χ1) is 15.8. The predicted molar refractivity (Wildman–Crippen MR) is 136 cm³/mol. The zero-order valence-corrected chi connectivity index (χ0v) is 21.0. The highest BCUT2D eigenvalue weighted by molar-refractivity contribution is 7.99. The lowest BCUT2D eigenvalue weighted by molar-refractivity contribution is -0.159. The first-order valence-corrected chi connectivity index (χ1v) is 12.7. The third kappa shape index (κ3) is 13.4. The zero-order valence-electron chi connectivity index (χ0n) is 18.7. The minimum Gasteiger partial charge on any atom is -0.473 e. The topological polar surface area (TPSA) is 92.4 Å². The van der Waals surface area contributed by atoms with Crippen LogP contribution < -0.4 is 0 Å². The van der Waals surface area contributed by atoms with Crippen LogP contribution in [-0.2, 0) is 16.1 Å². The van der Waals surface area contributed by atoms with Crippen LogP contribution in [0.3, 0.4) is 0 Å². The monoisotopic (exact) mass is 514 g/mol. The Bertz CT molecular complexity index is 835. The third-order valence-corrected chi connectivity index (χ3v) is 6.69. The van der Waals surface area contributed by atoms with Gasteiger partial charge in [-0.15, -0.1) is 6.58 Å². The van der Waals surface area contributed by atoms with E-state index in [0.29, 0.717) is 10.3 Å². The van der Waals surface area contributed by atoms with Crippen LogP contribution in [-0.4, -0.2) is 37.5 Å². The number of unbranched alkanes of at least 4 members (excludes halogenated alkanes) is 7. The molecule has 9 heteroatoms. The maximum atomic E-state index is 9.10. The number of benzene rings is 1. The van der Waals surface area contributed by atoms with Gasteiger partial charge >= 0.3 is 11.9 Å². The van der Waals surface area contributed by atoms with Crippen LogP contribution in [0.1, 0.15) is 62.2 Å². The summed E-state index contributed by atoms with van der Waals surface area (Å²) in [6, 6.07) is 5.82. The van der Waals surface area contributed by atoms with E-state index in [9.17, 15) is 0 Å². The first kappa shape index (κ1) is 29.1. The van der Waals surface area contributed by atoms with E-state index in [4.69, 9.17) is 43.0 Å². The number of aliphatic carboxylic acids is 2. The second-order valence-corrected chi connectivity index (χ2v) is 9.60. The molecule has 0 aliphatic rings. The number of nitrogens with zero attached hydrogens (tertiary/aromatic N) is 2.